The lowest BCUT2D eigenvalue weighted by Gasteiger charge is -2.41. The monoisotopic (exact) mass is 267 g/mol. The molecule has 3 unspecified atom stereocenters. The van der Waals surface area contributed by atoms with Crippen molar-refractivity contribution < 1.29 is 9.90 Å². The van der Waals surface area contributed by atoms with E-state index in [9.17, 15) is 9.90 Å². The largest absolute Gasteiger partial charge is 0.481 e. The van der Waals surface area contributed by atoms with Crippen LogP contribution >= 0.6 is 0 Å². The minimum atomic E-state index is -0.562. The summed E-state index contributed by atoms with van der Waals surface area (Å²) in [4.78, 5) is 14.3. The number of aliphatic carboxylic acids is 1. The summed E-state index contributed by atoms with van der Waals surface area (Å²) in [7, 11) is 0. The highest BCUT2D eigenvalue weighted by molar-refractivity contribution is 5.75. The number of carboxylic acid groups (broad SMARTS) is 1. The van der Waals surface area contributed by atoms with Gasteiger partial charge in [0.25, 0.3) is 0 Å². The first-order valence-corrected chi connectivity index (χ1v) is 7.92. The molecule has 3 heteroatoms. The highest BCUT2D eigenvalue weighted by Gasteiger charge is 2.45. The summed E-state index contributed by atoms with van der Waals surface area (Å²) in [5, 5.41) is 9.77. The van der Waals surface area contributed by atoms with E-state index in [0.717, 1.165) is 32.4 Å². The summed E-state index contributed by atoms with van der Waals surface area (Å²) in [6.07, 6.45) is 6.48. The third-order valence-corrected chi connectivity index (χ3v) is 5.23. The molecule has 2 aliphatic rings. The molecule has 3 nitrogen and oxygen atoms in total. The lowest BCUT2D eigenvalue weighted by atomic mass is 9.69. The summed E-state index contributed by atoms with van der Waals surface area (Å²) in [6.45, 7) is 8.60. The number of hydrogen-bond acceptors (Lipinski definition) is 2. The molecule has 3 atom stereocenters. The van der Waals surface area contributed by atoms with Gasteiger partial charge in [-0.3, -0.25) is 9.69 Å². The van der Waals surface area contributed by atoms with Crippen molar-refractivity contribution in [3.05, 3.63) is 0 Å². The van der Waals surface area contributed by atoms with Gasteiger partial charge in [0, 0.05) is 12.6 Å². The molecule has 0 bridgehead atoms. The highest BCUT2D eigenvalue weighted by atomic mass is 16.4. The molecule has 1 aliphatic carbocycles. The molecule has 0 radical (unpaired) electrons. The predicted octanol–water partition coefficient (Wildman–Crippen LogP) is 3.39. The van der Waals surface area contributed by atoms with Crippen LogP contribution in [0.4, 0.5) is 0 Å². The van der Waals surface area contributed by atoms with Gasteiger partial charge in [-0.25, -0.2) is 0 Å². The second-order valence-electron chi connectivity index (χ2n) is 7.21. The van der Waals surface area contributed by atoms with E-state index in [0.29, 0.717) is 17.9 Å². The molecule has 1 saturated heterocycles. The van der Waals surface area contributed by atoms with Crippen molar-refractivity contribution in [2.45, 2.75) is 65.3 Å². The zero-order valence-electron chi connectivity index (χ0n) is 12.7. The summed E-state index contributed by atoms with van der Waals surface area (Å²) < 4.78 is 0. The topological polar surface area (TPSA) is 40.5 Å². The molecule has 1 saturated carbocycles. The van der Waals surface area contributed by atoms with Gasteiger partial charge in [-0.15, -0.1) is 0 Å². The van der Waals surface area contributed by atoms with E-state index in [2.05, 4.69) is 25.7 Å². The zero-order chi connectivity index (χ0) is 14.0. The van der Waals surface area contributed by atoms with Gasteiger partial charge >= 0.3 is 5.97 Å². The van der Waals surface area contributed by atoms with Crippen LogP contribution in [0.15, 0.2) is 0 Å². The molecule has 1 aliphatic heterocycles. The molecule has 1 N–H and O–H groups in total. The Kier molecular flexibility index (Phi) is 4.54. The SMILES string of the molecule is CC1CCCC(CN2CCCC2C(C)C)(C(=O)O)C1. The molecule has 19 heavy (non-hydrogen) atoms. The van der Waals surface area contributed by atoms with Crippen molar-refractivity contribution in [1.82, 2.24) is 4.90 Å². The van der Waals surface area contributed by atoms with Crippen molar-refractivity contribution in [2.24, 2.45) is 17.3 Å². The maximum absolute atomic E-state index is 11.9. The molecule has 1 heterocycles. The second kappa shape index (κ2) is 5.82. The number of hydrogen-bond donors (Lipinski definition) is 1. The van der Waals surface area contributed by atoms with Gasteiger partial charge < -0.3 is 5.11 Å². The Morgan fingerprint density at radius 1 is 1.37 bits per heavy atom. The Hall–Kier alpha value is -0.570. The number of nitrogens with zero attached hydrogens (tertiary/aromatic N) is 1. The van der Waals surface area contributed by atoms with Gasteiger partial charge in [0.15, 0.2) is 0 Å². The Bertz CT molecular complexity index is 329. The van der Waals surface area contributed by atoms with E-state index in [4.69, 9.17) is 0 Å². The highest BCUT2D eigenvalue weighted by Crippen LogP contribution is 2.42. The van der Waals surface area contributed by atoms with Gasteiger partial charge in [-0.05, 0) is 44.1 Å². The molecule has 0 aromatic rings. The molecule has 0 spiro atoms. The quantitative estimate of drug-likeness (QED) is 0.849. The molecular weight excluding hydrogens is 238 g/mol. The minimum absolute atomic E-state index is 0.477. The third kappa shape index (κ3) is 3.13. The van der Waals surface area contributed by atoms with Crippen LogP contribution in [0.2, 0.25) is 0 Å². The van der Waals surface area contributed by atoms with Crippen LogP contribution in [0.1, 0.15) is 59.3 Å². The molecule has 2 rings (SSSR count). The van der Waals surface area contributed by atoms with Gasteiger partial charge in [-0.1, -0.05) is 33.6 Å². The van der Waals surface area contributed by atoms with E-state index in [1.807, 2.05) is 0 Å². The average Bonchev–Trinajstić information content (AvgIpc) is 2.76. The van der Waals surface area contributed by atoms with E-state index in [-0.39, 0.29) is 0 Å². The van der Waals surface area contributed by atoms with Crippen LogP contribution in [0.3, 0.4) is 0 Å². The van der Waals surface area contributed by atoms with Crippen molar-refractivity contribution in [3.8, 4) is 0 Å². The lowest BCUT2D eigenvalue weighted by molar-refractivity contribution is -0.154. The first-order chi connectivity index (χ1) is 8.94. The van der Waals surface area contributed by atoms with Crippen molar-refractivity contribution in [2.75, 3.05) is 13.1 Å². The number of carbonyl (C=O) groups is 1. The summed E-state index contributed by atoms with van der Waals surface area (Å²) in [5.74, 6) is 0.632. The fraction of sp³-hybridized carbons (Fsp3) is 0.938. The Morgan fingerprint density at radius 3 is 2.68 bits per heavy atom. The van der Waals surface area contributed by atoms with Crippen LogP contribution < -0.4 is 0 Å². The molecule has 0 aromatic heterocycles. The first-order valence-electron chi connectivity index (χ1n) is 7.92. The fourth-order valence-corrected chi connectivity index (χ4v) is 4.26. The number of likely N-dealkylation sites (tertiary alicyclic amines) is 1. The van der Waals surface area contributed by atoms with E-state index < -0.39 is 11.4 Å². The molecule has 2 fully saturated rings. The van der Waals surface area contributed by atoms with E-state index >= 15 is 0 Å². The van der Waals surface area contributed by atoms with Crippen molar-refractivity contribution in [1.29, 1.82) is 0 Å². The Balaban J connectivity index is 2.10. The maximum atomic E-state index is 11.9. The van der Waals surface area contributed by atoms with Crippen LogP contribution in [0, 0.1) is 17.3 Å². The number of rotatable bonds is 4. The van der Waals surface area contributed by atoms with Gasteiger partial charge in [-0.2, -0.15) is 0 Å². The van der Waals surface area contributed by atoms with Gasteiger partial charge in [0.1, 0.15) is 0 Å². The summed E-state index contributed by atoms with van der Waals surface area (Å²) >= 11 is 0. The van der Waals surface area contributed by atoms with Crippen LogP contribution in [0.5, 0.6) is 0 Å². The first kappa shape index (κ1) is 14.8. The summed E-state index contributed by atoms with van der Waals surface area (Å²) in [6, 6.07) is 0.591. The fourth-order valence-electron chi connectivity index (χ4n) is 4.26. The van der Waals surface area contributed by atoms with Crippen molar-refractivity contribution in [3.63, 3.8) is 0 Å². The summed E-state index contributed by atoms with van der Waals surface area (Å²) in [5.41, 5.74) is -0.477. The van der Waals surface area contributed by atoms with Crippen LogP contribution in [-0.2, 0) is 4.79 Å². The number of carboxylic acids is 1. The minimum Gasteiger partial charge on any atom is -0.481 e. The average molecular weight is 267 g/mol. The smallest absolute Gasteiger partial charge is 0.310 e. The Morgan fingerprint density at radius 2 is 2.11 bits per heavy atom. The molecule has 0 amide bonds. The Labute approximate surface area is 117 Å². The standard InChI is InChI=1S/C16H29NO2/c1-12(2)14-7-5-9-17(14)11-16(15(18)19)8-4-6-13(3)10-16/h12-14H,4-11H2,1-3H3,(H,18,19). The normalized spacial score (nSPS) is 36.8. The van der Waals surface area contributed by atoms with Crippen molar-refractivity contribution >= 4 is 5.97 Å². The van der Waals surface area contributed by atoms with Crippen LogP contribution in [-0.4, -0.2) is 35.1 Å². The third-order valence-electron chi connectivity index (χ3n) is 5.23. The maximum Gasteiger partial charge on any atom is 0.310 e. The second-order valence-corrected chi connectivity index (χ2v) is 7.21. The molecular formula is C16H29NO2. The van der Waals surface area contributed by atoms with Gasteiger partial charge in [0.2, 0.25) is 0 Å². The van der Waals surface area contributed by atoms with Crippen LogP contribution in [0.25, 0.3) is 0 Å². The predicted molar refractivity (Wildman–Crippen MR) is 77.1 cm³/mol. The van der Waals surface area contributed by atoms with E-state index in [1.54, 1.807) is 0 Å². The lowest BCUT2D eigenvalue weighted by Crippen LogP contribution is -2.48. The van der Waals surface area contributed by atoms with E-state index in [1.165, 1.54) is 19.3 Å². The molecule has 0 aromatic carbocycles. The molecule has 110 valence electrons. The van der Waals surface area contributed by atoms with Gasteiger partial charge in [0.05, 0.1) is 5.41 Å². The zero-order valence-corrected chi connectivity index (χ0v) is 12.7.